The highest BCUT2D eigenvalue weighted by Crippen LogP contribution is 2.34. The maximum absolute atomic E-state index is 8.60. The molecule has 1 aromatic carbocycles. The SMILES string of the molecule is CC(C)(C)c1cccc(CBr)c1OCC#N. The van der Waals surface area contributed by atoms with Gasteiger partial charge in [-0.2, -0.15) is 5.26 Å². The highest BCUT2D eigenvalue weighted by molar-refractivity contribution is 9.08. The minimum absolute atomic E-state index is 0.0168. The van der Waals surface area contributed by atoms with Crippen LogP contribution >= 0.6 is 15.9 Å². The molecule has 0 bridgehead atoms. The van der Waals surface area contributed by atoms with Crippen LogP contribution in [0.15, 0.2) is 18.2 Å². The number of alkyl halides is 1. The highest BCUT2D eigenvalue weighted by Gasteiger charge is 2.20. The summed E-state index contributed by atoms with van der Waals surface area (Å²) in [5, 5.41) is 9.33. The lowest BCUT2D eigenvalue weighted by atomic mass is 9.85. The first kappa shape index (κ1) is 13.1. The molecule has 0 amide bonds. The molecular weight excluding hydrogens is 266 g/mol. The maximum Gasteiger partial charge on any atom is 0.174 e. The van der Waals surface area contributed by atoms with Crippen molar-refractivity contribution in [3.63, 3.8) is 0 Å². The normalized spacial score (nSPS) is 10.9. The van der Waals surface area contributed by atoms with Crippen molar-refractivity contribution in [3.8, 4) is 11.8 Å². The third-order valence-corrected chi connectivity index (χ3v) is 2.93. The van der Waals surface area contributed by atoms with E-state index in [0.29, 0.717) is 0 Å². The number of hydrogen-bond acceptors (Lipinski definition) is 2. The first-order chi connectivity index (χ1) is 7.50. The minimum atomic E-state index is 0.0168. The summed E-state index contributed by atoms with van der Waals surface area (Å²) in [4.78, 5) is 0. The average Bonchev–Trinajstić information content (AvgIpc) is 2.24. The summed E-state index contributed by atoms with van der Waals surface area (Å²) in [5.74, 6) is 0.841. The zero-order chi connectivity index (χ0) is 12.2. The monoisotopic (exact) mass is 281 g/mol. The van der Waals surface area contributed by atoms with Crippen molar-refractivity contribution < 1.29 is 4.74 Å². The van der Waals surface area contributed by atoms with E-state index in [1.807, 2.05) is 18.2 Å². The lowest BCUT2D eigenvalue weighted by Crippen LogP contribution is -2.14. The molecule has 0 saturated carbocycles. The van der Waals surface area contributed by atoms with E-state index in [2.05, 4.69) is 42.8 Å². The number of nitriles is 1. The molecule has 0 aliphatic rings. The van der Waals surface area contributed by atoms with Gasteiger partial charge in [-0.05, 0) is 11.0 Å². The largest absolute Gasteiger partial charge is 0.478 e. The summed E-state index contributed by atoms with van der Waals surface area (Å²) >= 11 is 3.44. The lowest BCUT2D eigenvalue weighted by Gasteiger charge is -2.23. The Balaban J connectivity index is 3.22. The third-order valence-electron chi connectivity index (χ3n) is 2.33. The van der Waals surface area contributed by atoms with E-state index in [4.69, 9.17) is 10.00 Å². The second-order valence-corrected chi connectivity index (χ2v) is 5.18. The van der Waals surface area contributed by atoms with Crippen molar-refractivity contribution in [1.29, 1.82) is 5.26 Å². The van der Waals surface area contributed by atoms with Gasteiger partial charge in [0, 0.05) is 10.9 Å². The third kappa shape index (κ3) is 2.99. The van der Waals surface area contributed by atoms with Gasteiger partial charge in [-0.3, -0.25) is 0 Å². The quantitative estimate of drug-likeness (QED) is 0.790. The maximum atomic E-state index is 8.60. The number of hydrogen-bond donors (Lipinski definition) is 0. The van der Waals surface area contributed by atoms with E-state index in [-0.39, 0.29) is 12.0 Å². The van der Waals surface area contributed by atoms with Gasteiger partial charge in [-0.15, -0.1) is 0 Å². The Bertz CT molecular complexity index is 401. The van der Waals surface area contributed by atoms with Gasteiger partial charge in [0.05, 0.1) is 0 Å². The Labute approximate surface area is 105 Å². The Morgan fingerprint density at radius 1 is 1.38 bits per heavy atom. The molecule has 0 saturated heterocycles. The summed E-state index contributed by atoms with van der Waals surface area (Å²) in [7, 11) is 0. The first-order valence-electron chi connectivity index (χ1n) is 5.18. The first-order valence-corrected chi connectivity index (χ1v) is 6.31. The van der Waals surface area contributed by atoms with E-state index in [9.17, 15) is 0 Å². The van der Waals surface area contributed by atoms with E-state index < -0.39 is 0 Å². The topological polar surface area (TPSA) is 33.0 Å². The van der Waals surface area contributed by atoms with E-state index in [1.165, 1.54) is 0 Å². The van der Waals surface area contributed by atoms with E-state index in [0.717, 1.165) is 22.2 Å². The standard InChI is InChI=1S/C13H16BrNO/c1-13(2,3)11-6-4-5-10(9-14)12(11)16-8-7-15/h4-6H,8-9H2,1-3H3. The van der Waals surface area contributed by atoms with Crippen molar-refractivity contribution >= 4 is 15.9 Å². The van der Waals surface area contributed by atoms with E-state index in [1.54, 1.807) is 0 Å². The van der Waals surface area contributed by atoms with E-state index >= 15 is 0 Å². The van der Waals surface area contributed by atoms with Crippen molar-refractivity contribution in [2.45, 2.75) is 31.5 Å². The molecule has 1 rings (SSSR count). The van der Waals surface area contributed by atoms with Gasteiger partial charge < -0.3 is 4.74 Å². The number of nitrogens with zero attached hydrogens (tertiary/aromatic N) is 1. The van der Waals surface area contributed by atoms with Gasteiger partial charge in [-0.1, -0.05) is 54.9 Å². The highest BCUT2D eigenvalue weighted by atomic mass is 79.9. The van der Waals surface area contributed by atoms with Crippen molar-refractivity contribution in [2.24, 2.45) is 0 Å². The molecule has 86 valence electrons. The zero-order valence-corrected chi connectivity index (χ0v) is 11.5. The number of benzene rings is 1. The van der Waals surface area contributed by atoms with Crippen LogP contribution in [0.1, 0.15) is 31.9 Å². The molecule has 0 fully saturated rings. The van der Waals surface area contributed by atoms with Crippen molar-refractivity contribution in [3.05, 3.63) is 29.3 Å². The van der Waals surface area contributed by atoms with Gasteiger partial charge in [0.25, 0.3) is 0 Å². The van der Waals surface area contributed by atoms with Crippen LogP contribution in [0.4, 0.5) is 0 Å². The van der Waals surface area contributed by atoms with Gasteiger partial charge in [0.1, 0.15) is 11.8 Å². The molecule has 0 atom stereocenters. The molecule has 0 aliphatic carbocycles. The number of ether oxygens (including phenoxy) is 1. The molecule has 0 heterocycles. The van der Waals surface area contributed by atoms with Crippen molar-refractivity contribution in [1.82, 2.24) is 0 Å². The minimum Gasteiger partial charge on any atom is -0.478 e. The van der Waals surface area contributed by atoms with Gasteiger partial charge in [0.2, 0.25) is 0 Å². The van der Waals surface area contributed by atoms with Gasteiger partial charge >= 0.3 is 0 Å². The Morgan fingerprint density at radius 3 is 2.56 bits per heavy atom. The molecule has 0 spiro atoms. The molecule has 1 aromatic rings. The summed E-state index contributed by atoms with van der Waals surface area (Å²) < 4.78 is 5.54. The molecule has 0 aromatic heterocycles. The van der Waals surface area contributed by atoms with Crippen molar-refractivity contribution in [2.75, 3.05) is 6.61 Å². The van der Waals surface area contributed by atoms with Gasteiger partial charge in [0.15, 0.2) is 6.61 Å². The Kier molecular flexibility index (Phi) is 4.37. The molecule has 2 nitrogen and oxygen atoms in total. The predicted octanol–water partition coefficient (Wildman–Crippen LogP) is 3.78. The number of rotatable bonds is 3. The van der Waals surface area contributed by atoms with Crippen LogP contribution in [-0.2, 0) is 10.7 Å². The van der Waals surface area contributed by atoms with Crippen LogP contribution in [0, 0.1) is 11.3 Å². The second kappa shape index (κ2) is 5.36. The second-order valence-electron chi connectivity index (χ2n) is 4.62. The Morgan fingerprint density at radius 2 is 2.06 bits per heavy atom. The summed E-state index contributed by atoms with van der Waals surface area (Å²) in [6.45, 7) is 6.51. The van der Waals surface area contributed by atoms with Crippen LogP contribution in [-0.4, -0.2) is 6.61 Å². The molecule has 0 unspecified atom stereocenters. The van der Waals surface area contributed by atoms with Crippen LogP contribution in [0.5, 0.6) is 5.75 Å². The summed E-state index contributed by atoms with van der Waals surface area (Å²) in [6, 6.07) is 8.10. The molecule has 3 heteroatoms. The van der Waals surface area contributed by atoms with Crippen LogP contribution in [0.25, 0.3) is 0 Å². The van der Waals surface area contributed by atoms with Crippen LogP contribution in [0.2, 0.25) is 0 Å². The molecule has 0 N–H and O–H groups in total. The Hall–Kier alpha value is -1.01. The molecule has 16 heavy (non-hydrogen) atoms. The van der Waals surface area contributed by atoms with Crippen LogP contribution < -0.4 is 4.74 Å². The summed E-state index contributed by atoms with van der Waals surface area (Å²) in [6.07, 6.45) is 0. The number of halogens is 1. The predicted molar refractivity (Wildman–Crippen MR) is 68.9 cm³/mol. The number of para-hydroxylation sites is 1. The fourth-order valence-corrected chi connectivity index (χ4v) is 2.00. The fourth-order valence-electron chi connectivity index (χ4n) is 1.56. The average molecular weight is 282 g/mol. The fraction of sp³-hybridized carbons (Fsp3) is 0.462. The van der Waals surface area contributed by atoms with Crippen LogP contribution in [0.3, 0.4) is 0 Å². The zero-order valence-electron chi connectivity index (χ0n) is 9.88. The van der Waals surface area contributed by atoms with Gasteiger partial charge in [-0.25, -0.2) is 0 Å². The molecule has 0 radical (unpaired) electrons. The molecule has 0 aliphatic heterocycles. The smallest absolute Gasteiger partial charge is 0.174 e. The lowest BCUT2D eigenvalue weighted by molar-refractivity contribution is 0.353. The summed E-state index contributed by atoms with van der Waals surface area (Å²) in [5.41, 5.74) is 2.24. The molecular formula is C13H16BrNO.